The zero-order valence-corrected chi connectivity index (χ0v) is 14.3. The molecule has 0 heterocycles. The summed E-state index contributed by atoms with van der Waals surface area (Å²) >= 11 is 0. The van der Waals surface area contributed by atoms with Crippen LogP contribution in [0, 0.1) is 13.8 Å². The van der Waals surface area contributed by atoms with Crippen LogP contribution in [-0.2, 0) is 4.79 Å². The van der Waals surface area contributed by atoms with E-state index < -0.39 is 0 Å². The van der Waals surface area contributed by atoms with Gasteiger partial charge < -0.3 is 10.1 Å². The number of aryl methyl sites for hydroxylation is 2. The average Bonchev–Trinajstić information content (AvgIpc) is 2.51. The third kappa shape index (κ3) is 4.85. The van der Waals surface area contributed by atoms with Gasteiger partial charge in [0, 0.05) is 5.69 Å². The van der Waals surface area contributed by atoms with Gasteiger partial charge in [0.25, 0.3) is 0 Å². The molecular formula is C20H25NO2. The lowest BCUT2D eigenvalue weighted by Gasteiger charge is -2.14. The Labute approximate surface area is 138 Å². The van der Waals surface area contributed by atoms with Crippen molar-refractivity contribution in [1.82, 2.24) is 0 Å². The number of para-hydroxylation sites is 1. The summed E-state index contributed by atoms with van der Waals surface area (Å²) in [5, 5.41) is 2.99. The molecule has 1 N–H and O–H groups in total. The van der Waals surface area contributed by atoms with E-state index in [1.165, 1.54) is 0 Å². The van der Waals surface area contributed by atoms with Crippen molar-refractivity contribution in [2.24, 2.45) is 0 Å². The van der Waals surface area contributed by atoms with Gasteiger partial charge in [-0.05, 0) is 48.6 Å². The second-order valence-corrected chi connectivity index (χ2v) is 6.16. The fourth-order valence-electron chi connectivity index (χ4n) is 2.44. The topological polar surface area (TPSA) is 38.3 Å². The van der Waals surface area contributed by atoms with Crippen molar-refractivity contribution in [1.29, 1.82) is 0 Å². The van der Waals surface area contributed by atoms with Crippen LogP contribution in [0.3, 0.4) is 0 Å². The lowest BCUT2D eigenvalue weighted by molar-refractivity contribution is -0.116. The van der Waals surface area contributed by atoms with Gasteiger partial charge in [-0.3, -0.25) is 4.79 Å². The van der Waals surface area contributed by atoms with Crippen LogP contribution in [0.4, 0.5) is 5.69 Å². The largest absolute Gasteiger partial charge is 0.493 e. The summed E-state index contributed by atoms with van der Waals surface area (Å²) < 4.78 is 5.74. The number of carbonyl (C=O) groups excluding carboxylic acids is 1. The van der Waals surface area contributed by atoms with Gasteiger partial charge in [-0.2, -0.15) is 0 Å². The van der Waals surface area contributed by atoms with Gasteiger partial charge in [-0.1, -0.05) is 44.2 Å². The first-order valence-electron chi connectivity index (χ1n) is 8.06. The molecule has 122 valence electrons. The molecule has 1 amide bonds. The zero-order valence-electron chi connectivity index (χ0n) is 14.3. The van der Waals surface area contributed by atoms with E-state index >= 15 is 0 Å². The third-order valence-corrected chi connectivity index (χ3v) is 3.79. The molecule has 2 aromatic carbocycles. The standard InChI is InChI=1S/C20H25NO2/c1-14(2)17-7-5-6-8-18(17)21-20(22)11-12-23-19-13-15(3)9-10-16(19)4/h5-10,13-14H,11-12H2,1-4H3,(H,21,22). The van der Waals surface area contributed by atoms with Crippen molar-refractivity contribution < 1.29 is 9.53 Å². The summed E-state index contributed by atoms with van der Waals surface area (Å²) in [4.78, 5) is 12.1. The molecule has 3 nitrogen and oxygen atoms in total. The molecular weight excluding hydrogens is 286 g/mol. The normalized spacial score (nSPS) is 10.7. The minimum atomic E-state index is -0.0246. The predicted octanol–water partition coefficient (Wildman–Crippen LogP) is 4.83. The minimum Gasteiger partial charge on any atom is -0.493 e. The van der Waals surface area contributed by atoms with E-state index in [1.807, 2.05) is 50.2 Å². The Morgan fingerprint density at radius 3 is 2.61 bits per heavy atom. The number of hydrogen-bond acceptors (Lipinski definition) is 2. The fourth-order valence-corrected chi connectivity index (χ4v) is 2.44. The van der Waals surface area contributed by atoms with Gasteiger partial charge in [0.15, 0.2) is 0 Å². The Morgan fingerprint density at radius 1 is 1.13 bits per heavy atom. The van der Waals surface area contributed by atoms with Crippen molar-refractivity contribution in [3.05, 3.63) is 59.2 Å². The first kappa shape index (κ1) is 17.1. The van der Waals surface area contributed by atoms with Crippen LogP contribution in [0.15, 0.2) is 42.5 Å². The summed E-state index contributed by atoms with van der Waals surface area (Å²) in [7, 11) is 0. The Balaban J connectivity index is 1.90. The van der Waals surface area contributed by atoms with E-state index in [0.717, 1.165) is 28.1 Å². The Morgan fingerprint density at radius 2 is 1.87 bits per heavy atom. The first-order chi connectivity index (χ1) is 11.0. The second-order valence-electron chi connectivity index (χ2n) is 6.16. The van der Waals surface area contributed by atoms with E-state index in [-0.39, 0.29) is 5.91 Å². The molecule has 0 saturated heterocycles. The van der Waals surface area contributed by atoms with Crippen molar-refractivity contribution in [3.8, 4) is 5.75 Å². The van der Waals surface area contributed by atoms with Gasteiger partial charge in [0.05, 0.1) is 13.0 Å². The number of rotatable bonds is 6. The molecule has 0 spiro atoms. The van der Waals surface area contributed by atoms with Crippen LogP contribution >= 0.6 is 0 Å². The van der Waals surface area contributed by atoms with Crippen LogP contribution in [-0.4, -0.2) is 12.5 Å². The van der Waals surface area contributed by atoms with Gasteiger partial charge >= 0.3 is 0 Å². The molecule has 0 aliphatic rings. The second kappa shape index (κ2) is 7.82. The molecule has 0 unspecified atom stereocenters. The molecule has 0 bridgehead atoms. The molecule has 23 heavy (non-hydrogen) atoms. The highest BCUT2D eigenvalue weighted by molar-refractivity contribution is 5.91. The summed E-state index contributed by atoms with van der Waals surface area (Å²) in [6, 6.07) is 14.0. The van der Waals surface area contributed by atoms with Crippen molar-refractivity contribution in [2.45, 2.75) is 40.0 Å². The van der Waals surface area contributed by atoms with Crippen LogP contribution in [0.25, 0.3) is 0 Å². The molecule has 3 heteroatoms. The van der Waals surface area contributed by atoms with Gasteiger partial charge in [-0.25, -0.2) is 0 Å². The van der Waals surface area contributed by atoms with Crippen LogP contribution in [0.2, 0.25) is 0 Å². The van der Waals surface area contributed by atoms with E-state index in [2.05, 4.69) is 25.2 Å². The Bertz CT molecular complexity index is 677. The highest BCUT2D eigenvalue weighted by Gasteiger charge is 2.09. The average molecular weight is 311 g/mol. The summed E-state index contributed by atoms with van der Waals surface area (Å²) in [6.45, 7) is 8.65. The fraction of sp³-hybridized carbons (Fsp3) is 0.350. The highest BCUT2D eigenvalue weighted by atomic mass is 16.5. The lowest BCUT2D eigenvalue weighted by Crippen LogP contribution is -2.16. The summed E-state index contributed by atoms with van der Waals surface area (Å²) in [6.07, 6.45) is 0.333. The van der Waals surface area contributed by atoms with Crippen molar-refractivity contribution in [2.75, 3.05) is 11.9 Å². The minimum absolute atomic E-state index is 0.0246. The SMILES string of the molecule is Cc1ccc(C)c(OCCC(=O)Nc2ccccc2C(C)C)c1. The molecule has 2 aromatic rings. The zero-order chi connectivity index (χ0) is 16.8. The van der Waals surface area contributed by atoms with E-state index in [1.54, 1.807) is 0 Å². The quantitative estimate of drug-likeness (QED) is 0.829. The maximum absolute atomic E-state index is 12.1. The van der Waals surface area contributed by atoms with Gasteiger partial charge in [0.2, 0.25) is 5.91 Å². The number of hydrogen-bond donors (Lipinski definition) is 1. The third-order valence-electron chi connectivity index (χ3n) is 3.79. The van der Waals surface area contributed by atoms with Crippen LogP contribution < -0.4 is 10.1 Å². The maximum Gasteiger partial charge on any atom is 0.227 e. The van der Waals surface area contributed by atoms with E-state index in [0.29, 0.717) is 18.9 Å². The van der Waals surface area contributed by atoms with E-state index in [4.69, 9.17) is 4.74 Å². The molecule has 0 aromatic heterocycles. The predicted molar refractivity (Wildman–Crippen MR) is 95.2 cm³/mol. The number of amides is 1. The van der Waals surface area contributed by atoms with Crippen LogP contribution in [0.1, 0.15) is 42.9 Å². The lowest BCUT2D eigenvalue weighted by atomic mass is 10.0. The molecule has 0 fully saturated rings. The molecule has 0 saturated carbocycles. The van der Waals surface area contributed by atoms with Crippen molar-refractivity contribution >= 4 is 11.6 Å². The van der Waals surface area contributed by atoms with Gasteiger partial charge in [-0.15, -0.1) is 0 Å². The monoisotopic (exact) mass is 311 g/mol. The maximum atomic E-state index is 12.1. The molecule has 0 aliphatic heterocycles. The highest BCUT2D eigenvalue weighted by Crippen LogP contribution is 2.24. The molecule has 0 radical (unpaired) electrons. The number of ether oxygens (including phenoxy) is 1. The first-order valence-corrected chi connectivity index (χ1v) is 8.06. The van der Waals surface area contributed by atoms with E-state index in [9.17, 15) is 4.79 Å². The van der Waals surface area contributed by atoms with Crippen molar-refractivity contribution in [3.63, 3.8) is 0 Å². The Hall–Kier alpha value is -2.29. The molecule has 0 atom stereocenters. The summed E-state index contributed by atoms with van der Waals surface area (Å²) in [5.74, 6) is 1.20. The van der Waals surface area contributed by atoms with Crippen LogP contribution in [0.5, 0.6) is 5.75 Å². The number of anilines is 1. The summed E-state index contributed by atoms with van der Waals surface area (Å²) in [5.41, 5.74) is 4.28. The number of benzene rings is 2. The smallest absolute Gasteiger partial charge is 0.227 e. The number of nitrogens with one attached hydrogen (secondary N) is 1. The Kier molecular flexibility index (Phi) is 5.80. The molecule has 0 aliphatic carbocycles. The van der Waals surface area contributed by atoms with Gasteiger partial charge in [0.1, 0.15) is 5.75 Å². The molecule has 2 rings (SSSR count). The number of carbonyl (C=O) groups is 1.